The quantitative estimate of drug-likeness (QED) is 0.795. The third-order valence-electron chi connectivity index (χ3n) is 2.78. The van der Waals surface area contributed by atoms with Crippen molar-refractivity contribution in [3.05, 3.63) is 24.3 Å². The van der Waals surface area contributed by atoms with Crippen molar-refractivity contribution < 1.29 is 14.3 Å². The normalized spacial score (nSPS) is 12.7. The van der Waals surface area contributed by atoms with E-state index >= 15 is 0 Å². The summed E-state index contributed by atoms with van der Waals surface area (Å²) in [5.41, 5.74) is 0.479. The Bertz CT molecular complexity index is 495. The number of carbonyl (C=O) groups is 1. The van der Waals surface area contributed by atoms with E-state index in [-0.39, 0.29) is 6.04 Å². The fourth-order valence-corrected chi connectivity index (χ4v) is 1.82. The lowest BCUT2D eigenvalue weighted by Crippen LogP contribution is -2.38. The minimum absolute atomic E-state index is 0.0721. The molecule has 5 nitrogen and oxygen atoms in total. The Morgan fingerprint density at radius 2 is 1.91 bits per heavy atom. The molecule has 1 aromatic rings. The molecule has 1 unspecified atom stereocenters. The summed E-state index contributed by atoms with van der Waals surface area (Å²) in [6, 6.07) is 7.91. The number of hydrogen-bond acceptors (Lipinski definition) is 4. The number of ether oxygens (including phenoxy) is 2. The van der Waals surface area contributed by atoms with E-state index in [2.05, 4.69) is 24.5 Å². The van der Waals surface area contributed by atoms with Gasteiger partial charge in [0.25, 0.3) is 0 Å². The van der Waals surface area contributed by atoms with E-state index in [0.29, 0.717) is 19.1 Å². The lowest BCUT2D eigenvalue weighted by Gasteiger charge is -2.21. The van der Waals surface area contributed by atoms with E-state index < -0.39 is 11.7 Å². The highest BCUT2D eigenvalue weighted by atomic mass is 16.6. The summed E-state index contributed by atoms with van der Waals surface area (Å²) in [4.78, 5) is 11.6. The Kier molecular flexibility index (Phi) is 7.20. The molecule has 0 spiro atoms. The number of anilines is 1. The predicted molar refractivity (Wildman–Crippen MR) is 94.1 cm³/mol. The molecule has 0 fully saturated rings. The molecule has 1 rings (SSSR count). The Labute approximate surface area is 139 Å². The number of carbonyl (C=O) groups excluding carboxylic acids is 1. The van der Waals surface area contributed by atoms with Gasteiger partial charge < -0.3 is 20.1 Å². The Morgan fingerprint density at radius 3 is 2.52 bits per heavy atom. The summed E-state index contributed by atoms with van der Waals surface area (Å²) in [5, 5.41) is 6.10. The van der Waals surface area contributed by atoms with Crippen LogP contribution in [0.25, 0.3) is 0 Å². The van der Waals surface area contributed by atoms with Crippen molar-refractivity contribution in [2.75, 3.05) is 18.5 Å². The van der Waals surface area contributed by atoms with Gasteiger partial charge in [0.1, 0.15) is 11.4 Å². The van der Waals surface area contributed by atoms with Crippen LogP contribution in [0.5, 0.6) is 5.75 Å². The molecule has 2 N–H and O–H groups in total. The molecule has 0 radical (unpaired) electrons. The first kappa shape index (κ1) is 19.1. The van der Waals surface area contributed by atoms with Crippen molar-refractivity contribution in [1.82, 2.24) is 5.32 Å². The maximum absolute atomic E-state index is 11.6. The first-order valence-corrected chi connectivity index (χ1v) is 8.12. The molecular weight excluding hydrogens is 292 g/mol. The maximum atomic E-state index is 11.6. The fraction of sp³-hybridized carbons (Fsp3) is 0.611. The molecule has 0 aliphatic carbocycles. The number of nitrogens with one attached hydrogen (secondary N) is 2. The van der Waals surface area contributed by atoms with Gasteiger partial charge in [0, 0.05) is 24.3 Å². The van der Waals surface area contributed by atoms with Crippen molar-refractivity contribution in [3.8, 4) is 5.75 Å². The van der Waals surface area contributed by atoms with Crippen molar-refractivity contribution in [2.45, 2.75) is 53.2 Å². The van der Waals surface area contributed by atoms with Crippen LogP contribution in [0.4, 0.5) is 10.5 Å². The molecular formula is C18H30N2O3. The van der Waals surface area contributed by atoms with Crippen LogP contribution in [0.3, 0.4) is 0 Å². The summed E-state index contributed by atoms with van der Waals surface area (Å²) in [5.74, 6) is 1.33. The molecule has 0 aromatic heterocycles. The number of benzene rings is 1. The van der Waals surface area contributed by atoms with Gasteiger partial charge in [-0.25, -0.2) is 4.79 Å². The van der Waals surface area contributed by atoms with Gasteiger partial charge >= 0.3 is 6.09 Å². The van der Waals surface area contributed by atoms with Crippen LogP contribution in [0, 0.1) is 5.92 Å². The molecule has 0 aliphatic heterocycles. The fourth-order valence-electron chi connectivity index (χ4n) is 1.82. The minimum atomic E-state index is -0.483. The first-order chi connectivity index (χ1) is 10.7. The second kappa shape index (κ2) is 8.65. The molecule has 1 amide bonds. The van der Waals surface area contributed by atoms with Gasteiger partial charge in [-0.2, -0.15) is 0 Å². The number of amides is 1. The third-order valence-corrected chi connectivity index (χ3v) is 2.78. The molecule has 1 aromatic carbocycles. The lowest BCUT2D eigenvalue weighted by atomic mass is 10.2. The zero-order chi connectivity index (χ0) is 17.5. The van der Waals surface area contributed by atoms with E-state index in [4.69, 9.17) is 9.47 Å². The van der Waals surface area contributed by atoms with Crippen LogP contribution in [0.2, 0.25) is 0 Å². The lowest BCUT2D eigenvalue weighted by molar-refractivity contribution is 0.0526. The molecule has 0 bridgehead atoms. The summed E-state index contributed by atoms with van der Waals surface area (Å²) in [7, 11) is 0. The average Bonchev–Trinajstić information content (AvgIpc) is 2.41. The molecule has 0 saturated carbocycles. The van der Waals surface area contributed by atoms with E-state index in [1.54, 1.807) is 0 Å². The van der Waals surface area contributed by atoms with Crippen molar-refractivity contribution in [1.29, 1.82) is 0 Å². The molecule has 0 aliphatic rings. The van der Waals surface area contributed by atoms with Crippen LogP contribution >= 0.6 is 0 Å². The van der Waals surface area contributed by atoms with E-state index in [1.165, 1.54) is 0 Å². The van der Waals surface area contributed by atoms with E-state index in [1.807, 2.05) is 52.0 Å². The number of rotatable bonds is 7. The van der Waals surface area contributed by atoms with Gasteiger partial charge in [0.15, 0.2) is 0 Å². The van der Waals surface area contributed by atoms with Gasteiger partial charge in [-0.1, -0.05) is 19.9 Å². The Morgan fingerprint density at radius 1 is 1.22 bits per heavy atom. The van der Waals surface area contributed by atoms with E-state index in [0.717, 1.165) is 11.4 Å². The topological polar surface area (TPSA) is 59.6 Å². The van der Waals surface area contributed by atoms with Crippen molar-refractivity contribution in [2.24, 2.45) is 5.92 Å². The summed E-state index contributed by atoms with van der Waals surface area (Å²) >= 11 is 0. The van der Waals surface area contributed by atoms with Crippen LogP contribution in [0.15, 0.2) is 24.3 Å². The van der Waals surface area contributed by atoms with Gasteiger partial charge in [-0.05, 0) is 45.7 Å². The highest BCUT2D eigenvalue weighted by Gasteiger charge is 2.16. The summed E-state index contributed by atoms with van der Waals surface area (Å²) in [6.07, 6.45) is -0.403. The maximum Gasteiger partial charge on any atom is 0.407 e. The molecule has 1 atom stereocenters. The first-order valence-electron chi connectivity index (χ1n) is 8.12. The monoisotopic (exact) mass is 322 g/mol. The minimum Gasteiger partial charge on any atom is -0.493 e. The highest BCUT2D eigenvalue weighted by molar-refractivity contribution is 5.67. The van der Waals surface area contributed by atoms with Gasteiger partial charge in [-0.3, -0.25) is 0 Å². The highest BCUT2D eigenvalue weighted by Crippen LogP contribution is 2.18. The Hall–Kier alpha value is -1.91. The summed E-state index contributed by atoms with van der Waals surface area (Å²) in [6.45, 7) is 12.9. The molecule has 5 heteroatoms. The van der Waals surface area contributed by atoms with Crippen LogP contribution in [0.1, 0.15) is 41.5 Å². The van der Waals surface area contributed by atoms with Crippen molar-refractivity contribution in [3.63, 3.8) is 0 Å². The summed E-state index contributed by atoms with van der Waals surface area (Å²) < 4.78 is 10.9. The zero-order valence-electron chi connectivity index (χ0n) is 15.1. The molecule has 23 heavy (non-hydrogen) atoms. The predicted octanol–water partition coefficient (Wildman–Crippen LogP) is 4.05. The van der Waals surface area contributed by atoms with Gasteiger partial charge in [-0.15, -0.1) is 0 Å². The smallest absolute Gasteiger partial charge is 0.407 e. The van der Waals surface area contributed by atoms with Crippen LogP contribution < -0.4 is 15.4 Å². The molecule has 0 heterocycles. The SMILES string of the molecule is CC(C)COc1cccc(NC(C)CNC(=O)OC(C)(C)C)c1. The zero-order valence-corrected chi connectivity index (χ0v) is 15.1. The largest absolute Gasteiger partial charge is 0.493 e. The standard InChI is InChI=1S/C18H30N2O3/c1-13(2)12-22-16-9-7-8-15(10-16)20-14(3)11-19-17(21)23-18(4,5)6/h7-10,13-14,20H,11-12H2,1-6H3,(H,19,21). The van der Waals surface area contributed by atoms with Crippen LogP contribution in [-0.2, 0) is 4.74 Å². The second-order valence-electron chi connectivity index (χ2n) is 7.16. The van der Waals surface area contributed by atoms with Crippen LogP contribution in [-0.4, -0.2) is 30.9 Å². The van der Waals surface area contributed by atoms with E-state index in [9.17, 15) is 4.79 Å². The third kappa shape index (κ3) is 8.96. The Balaban J connectivity index is 2.43. The molecule has 130 valence electrons. The second-order valence-corrected chi connectivity index (χ2v) is 7.16. The number of hydrogen-bond donors (Lipinski definition) is 2. The average molecular weight is 322 g/mol. The van der Waals surface area contributed by atoms with Gasteiger partial charge in [0.2, 0.25) is 0 Å². The molecule has 0 saturated heterocycles. The van der Waals surface area contributed by atoms with Gasteiger partial charge in [0.05, 0.1) is 6.61 Å². The van der Waals surface area contributed by atoms with Crippen molar-refractivity contribution >= 4 is 11.8 Å². The number of alkyl carbamates (subject to hydrolysis) is 1.